The molecule has 4 aromatic rings. The van der Waals surface area contributed by atoms with Crippen LogP contribution in [0, 0.1) is 0 Å². The van der Waals surface area contributed by atoms with Crippen LogP contribution >= 0.6 is 18.7 Å². The van der Waals surface area contributed by atoms with E-state index in [1.54, 1.807) is 26.6 Å². The Hall–Kier alpha value is -5.54. The molecule has 0 aliphatic carbocycles. The number of piperazine rings is 1. The summed E-state index contributed by atoms with van der Waals surface area (Å²) >= 11 is 6.46. The Morgan fingerprint density at radius 3 is 2.38 bits per heavy atom. The molecule has 2 atom stereocenters. The zero-order chi connectivity index (χ0) is 48.5. The van der Waals surface area contributed by atoms with Crippen LogP contribution in [0.4, 0.5) is 28.8 Å². The summed E-state index contributed by atoms with van der Waals surface area (Å²) in [5, 5.41) is 14.1. The number of hydrogen-bond acceptors (Lipinski definition) is 14. The summed E-state index contributed by atoms with van der Waals surface area (Å²) in [5.41, 5.74) is 2.66. The average Bonchev–Trinajstić information content (AvgIpc) is 3.59. The Morgan fingerprint density at radius 1 is 0.909 bits per heavy atom. The van der Waals surface area contributed by atoms with Gasteiger partial charge in [0.1, 0.15) is 29.7 Å². The van der Waals surface area contributed by atoms with Gasteiger partial charge in [-0.15, -0.1) is 0 Å². The molecule has 18 heteroatoms. The number of aromatic nitrogens is 2. The van der Waals surface area contributed by atoms with Gasteiger partial charge in [-0.05, 0) is 81.9 Å². The van der Waals surface area contributed by atoms with Gasteiger partial charge in [-0.3, -0.25) is 34.3 Å². The van der Waals surface area contributed by atoms with Crippen LogP contribution in [-0.4, -0.2) is 133 Å². The maximum absolute atomic E-state index is 12.8. The number of anilines is 5. The number of methoxy groups -OCH3 is 1. The lowest BCUT2D eigenvalue weighted by molar-refractivity contribution is -0.136. The number of aromatic hydroxyl groups is 1. The Balaban J connectivity index is 0.000000270. The molecule has 4 aliphatic rings. The number of rotatable bonds is 16. The van der Waals surface area contributed by atoms with Crippen molar-refractivity contribution in [2.75, 3.05) is 81.8 Å². The highest BCUT2D eigenvalue weighted by molar-refractivity contribution is 7.70. The molecule has 8 rings (SSSR count). The lowest BCUT2D eigenvalue weighted by atomic mass is 10.0. The first-order valence-electron chi connectivity index (χ1n) is 23.7. The number of phenols is 1. The quantitative estimate of drug-likeness (QED) is 0.0500. The van der Waals surface area contributed by atoms with Gasteiger partial charge in [0.25, 0.3) is 13.2 Å². The Bertz CT molecular complexity index is 2520. The predicted molar refractivity (Wildman–Crippen MR) is 259 cm³/mol. The number of carbonyl (C=O) groups is 4. The van der Waals surface area contributed by atoms with Gasteiger partial charge in [0.05, 0.1) is 35.8 Å². The standard InChI is InChI=1S/C35H51ClN7O2P.C13H10N2O5/c1-5-6-7-8-11-18-41-21-23-43(24-22-41)27-16-19-42(20-17-27)28-14-15-30(32(25-28)45-2)39-35-37-26-29(36)34(40-35)38-31-12-9-10-13-33(31)46(3,4)44;16-8-3-1-2-6-10(8)13(20)15(12(6)19)7-4-5-9(17)14-11(7)18/h9-10,12-15,25-27H,5-8,11,16-24H2,1-4H3,(H2,37,38,39,40);1-3,7,16H,4-5H2,(H,14,17,18)/i18D;/hD. The molecule has 4 amide bonds. The van der Waals surface area contributed by atoms with Gasteiger partial charge < -0.3 is 34.8 Å². The highest BCUT2D eigenvalue weighted by Gasteiger charge is 2.45. The van der Waals surface area contributed by atoms with E-state index in [0.29, 0.717) is 34.3 Å². The molecule has 3 saturated heterocycles. The molecule has 4 aliphatic heterocycles. The molecule has 66 heavy (non-hydrogen) atoms. The number of piperidine rings is 2. The third kappa shape index (κ3) is 11.5. The summed E-state index contributed by atoms with van der Waals surface area (Å²) < 4.78 is 34.2. The number of carbonyl (C=O) groups excluding carboxylic acids is 4. The second kappa shape index (κ2) is 21.8. The van der Waals surface area contributed by atoms with Gasteiger partial charge in [-0.1, -0.05) is 62.4 Å². The molecular formula is C48H61ClN9O7P. The number of unbranched alkanes of at least 4 members (excludes halogenated alkanes) is 3. The lowest BCUT2D eigenvalue weighted by Gasteiger charge is -2.43. The zero-order valence-corrected chi connectivity index (χ0v) is 39.7. The summed E-state index contributed by atoms with van der Waals surface area (Å²) in [7, 11) is -0.849. The predicted octanol–water partition coefficient (Wildman–Crippen LogP) is 7.22. The molecule has 2 unspecified atom stereocenters. The van der Waals surface area contributed by atoms with Crippen LogP contribution in [0.2, 0.25) is 5.02 Å². The van der Waals surface area contributed by atoms with E-state index in [9.17, 15) is 23.7 Å². The molecule has 16 nitrogen and oxygen atoms in total. The van der Waals surface area contributed by atoms with E-state index in [0.717, 1.165) is 80.1 Å². The molecule has 4 N–H and O–H groups in total. The van der Waals surface area contributed by atoms with Crippen LogP contribution in [0.3, 0.4) is 0 Å². The van der Waals surface area contributed by atoms with E-state index < -0.39 is 36.8 Å². The molecule has 5 heterocycles. The van der Waals surface area contributed by atoms with Crippen molar-refractivity contribution < 1.29 is 35.0 Å². The largest absolute Gasteiger partial charge is 0.507 e. The molecule has 1 aromatic heterocycles. The number of nitrogens with zero attached hydrogens (tertiary/aromatic N) is 6. The van der Waals surface area contributed by atoms with Gasteiger partial charge in [0.2, 0.25) is 17.8 Å². The molecule has 0 spiro atoms. The number of hydrogen-bond donors (Lipinski definition) is 4. The average molecular weight is 945 g/mol. The monoisotopic (exact) mass is 943 g/mol. The minimum absolute atomic E-state index is 0.0257. The lowest BCUT2D eigenvalue weighted by Crippen LogP contribution is -2.54. The Morgan fingerprint density at radius 2 is 1.67 bits per heavy atom. The van der Waals surface area contributed by atoms with E-state index in [2.05, 4.69) is 64.8 Å². The molecule has 3 aromatic carbocycles. The van der Waals surface area contributed by atoms with Crippen LogP contribution in [0.25, 0.3) is 0 Å². The smallest absolute Gasteiger partial charge is 0.293 e. The molecule has 3 fully saturated rings. The van der Waals surface area contributed by atoms with Gasteiger partial charge in [0, 0.05) is 70.2 Å². The van der Waals surface area contributed by atoms with Crippen molar-refractivity contribution in [3.63, 3.8) is 0 Å². The number of halogens is 1. The Labute approximate surface area is 394 Å². The van der Waals surface area contributed by atoms with Gasteiger partial charge in [-0.2, -0.15) is 4.98 Å². The van der Waals surface area contributed by atoms with Crippen LogP contribution in [0.1, 0.15) is 86.8 Å². The third-order valence-corrected chi connectivity index (χ3v) is 14.3. The summed E-state index contributed by atoms with van der Waals surface area (Å²) in [4.78, 5) is 65.0. The van der Waals surface area contributed by atoms with Gasteiger partial charge in [-0.25, -0.2) is 4.98 Å². The Kier molecular flexibility index (Phi) is 15.1. The number of nitrogens with one attached hydrogen (secondary N) is 3. The fraction of sp³-hybridized carbons (Fsp3) is 0.458. The second-order valence-corrected chi connectivity index (χ2v) is 20.9. The van der Waals surface area contributed by atoms with Crippen molar-refractivity contribution in [2.45, 2.75) is 76.8 Å². The van der Waals surface area contributed by atoms with E-state index in [1.807, 2.05) is 30.3 Å². The number of ether oxygens (including phenoxy) is 1. The minimum atomic E-state index is -2.52. The minimum Gasteiger partial charge on any atom is -0.507 e. The first-order chi connectivity index (χ1) is 32.7. The highest BCUT2D eigenvalue weighted by atomic mass is 35.5. The molecular weight excluding hydrogens is 881 g/mol. The van der Waals surface area contributed by atoms with Crippen LogP contribution in [-0.2, 0) is 14.2 Å². The summed E-state index contributed by atoms with van der Waals surface area (Å²) in [5.74, 6) is -0.956. The van der Waals surface area contributed by atoms with Crippen molar-refractivity contribution in [1.82, 2.24) is 30.0 Å². The zero-order valence-electron chi connectivity index (χ0n) is 40.1. The van der Waals surface area contributed by atoms with E-state index >= 15 is 0 Å². The first-order valence-corrected chi connectivity index (χ1v) is 25.7. The maximum atomic E-state index is 12.8. The molecule has 0 saturated carbocycles. The summed E-state index contributed by atoms with van der Waals surface area (Å²) in [6.45, 7) is 11.8. The number of para-hydroxylation sites is 1. The van der Waals surface area contributed by atoms with Crippen molar-refractivity contribution in [1.29, 1.82) is 1.43 Å². The SMILES string of the molecule is [2H]C(CCCCCC)N1CCN(C2CCN(c3ccc(Nc4ncc(Cl)c(Nc5ccccc5P(C)(C)=O)n4)c(OC)c3)CC2)CC1.[2H]Oc1cccc2c1C(=O)N(C1CCC(=O)NC1=O)C2=O. The summed E-state index contributed by atoms with van der Waals surface area (Å²) in [6, 6.07) is 17.6. The topological polar surface area (TPSA) is 190 Å². The van der Waals surface area contributed by atoms with Crippen molar-refractivity contribution >= 4 is 76.5 Å². The molecule has 0 bridgehead atoms. The van der Waals surface area contributed by atoms with Crippen molar-refractivity contribution in [2.24, 2.45) is 0 Å². The first kappa shape index (κ1) is 45.6. The maximum Gasteiger partial charge on any atom is 0.293 e. The fourth-order valence-electron chi connectivity index (χ4n) is 8.90. The van der Waals surface area contributed by atoms with Crippen LogP contribution < -0.4 is 30.9 Å². The van der Waals surface area contributed by atoms with Crippen LogP contribution in [0.5, 0.6) is 11.5 Å². The summed E-state index contributed by atoms with van der Waals surface area (Å²) in [6.07, 6.45) is 9.92. The molecule has 0 radical (unpaired) electrons. The van der Waals surface area contributed by atoms with E-state index in [-0.39, 0.29) is 36.2 Å². The number of fused-ring (bicyclic) bond motifs is 1. The van der Waals surface area contributed by atoms with Crippen molar-refractivity contribution in [3.05, 3.63) is 83.0 Å². The number of benzene rings is 3. The van der Waals surface area contributed by atoms with Gasteiger partial charge >= 0.3 is 0 Å². The van der Waals surface area contributed by atoms with E-state index in [1.165, 1.54) is 43.9 Å². The van der Waals surface area contributed by atoms with Crippen molar-refractivity contribution in [3.8, 4) is 11.5 Å². The number of amides is 4. The van der Waals surface area contributed by atoms with Crippen LogP contribution in [0.15, 0.2) is 66.9 Å². The fourth-order valence-corrected chi connectivity index (χ4v) is 10.2. The number of imide groups is 2. The molecule has 352 valence electrons. The van der Waals surface area contributed by atoms with Gasteiger partial charge in [0.15, 0.2) is 5.82 Å². The number of phenolic OH excluding ortho intramolecular Hbond substituents is 1. The third-order valence-electron chi connectivity index (χ3n) is 12.5. The normalized spacial score (nSPS) is 19.3. The van der Waals surface area contributed by atoms with E-state index in [4.69, 9.17) is 19.1 Å². The second-order valence-electron chi connectivity index (χ2n) is 17.3. The highest BCUT2D eigenvalue weighted by Crippen LogP contribution is 2.39.